The summed E-state index contributed by atoms with van der Waals surface area (Å²) in [5.74, 6) is 0.891. The molecular formula is C23H30N2. The lowest BCUT2D eigenvalue weighted by molar-refractivity contribution is 0.361. The molecule has 1 saturated carbocycles. The second kappa shape index (κ2) is 8.24. The van der Waals surface area contributed by atoms with Crippen LogP contribution in [0.5, 0.6) is 0 Å². The van der Waals surface area contributed by atoms with Gasteiger partial charge < -0.3 is 10.6 Å². The van der Waals surface area contributed by atoms with Gasteiger partial charge in [-0.1, -0.05) is 37.8 Å². The molecule has 0 saturated heterocycles. The molecule has 25 heavy (non-hydrogen) atoms. The maximum absolute atomic E-state index is 4.28. The average Bonchev–Trinajstić information content (AvgIpc) is 2.65. The van der Waals surface area contributed by atoms with Crippen molar-refractivity contribution >= 4 is 16.9 Å². The fraction of sp³-hybridized carbons (Fsp3) is 0.391. The molecule has 1 aliphatic rings. The van der Waals surface area contributed by atoms with Crippen LogP contribution in [0, 0.1) is 5.92 Å². The Bertz CT molecular complexity index is 677. The fourth-order valence-corrected chi connectivity index (χ4v) is 3.57. The van der Waals surface area contributed by atoms with Gasteiger partial charge in [-0.05, 0) is 79.5 Å². The zero-order valence-corrected chi connectivity index (χ0v) is 15.5. The van der Waals surface area contributed by atoms with Gasteiger partial charge in [0.1, 0.15) is 0 Å². The third-order valence-electron chi connectivity index (χ3n) is 5.23. The molecule has 1 fully saturated rings. The zero-order chi connectivity index (χ0) is 17.6. The van der Waals surface area contributed by atoms with Crippen LogP contribution in [0.4, 0.5) is 11.4 Å². The van der Waals surface area contributed by atoms with Crippen molar-refractivity contribution in [3.8, 4) is 0 Å². The maximum atomic E-state index is 4.28. The Morgan fingerprint density at radius 2 is 1.40 bits per heavy atom. The van der Waals surface area contributed by atoms with E-state index in [2.05, 4.69) is 79.6 Å². The zero-order valence-electron chi connectivity index (χ0n) is 15.5. The van der Waals surface area contributed by atoms with Crippen molar-refractivity contribution in [3.63, 3.8) is 0 Å². The van der Waals surface area contributed by atoms with Gasteiger partial charge in [-0.25, -0.2) is 0 Å². The summed E-state index contributed by atoms with van der Waals surface area (Å²) < 4.78 is 0. The number of anilines is 2. The van der Waals surface area contributed by atoms with Crippen molar-refractivity contribution in [2.45, 2.75) is 45.6 Å². The van der Waals surface area contributed by atoms with E-state index in [0.717, 1.165) is 23.7 Å². The van der Waals surface area contributed by atoms with Crippen LogP contribution in [0.1, 0.15) is 50.7 Å². The monoisotopic (exact) mass is 334 g/mol. The van der Waals surface area contributed by atoms with Crippen LogP contribution in [0.15, 0.2) is 55.1 Å². The van der Waals surface area contributed by atoms with Crippen LogP contribution < -0.4 is 10.6 Å². The Morgan fingerprint density at radius 1 is 0.880 bits per heavy atom. The summed E-state index contributed by atoms with van der Waals surface area (Å²) >= 11 is 0. The van der Waals surface area contributed by atoms with Gasteiger partial charge in [0.05, 0.1) is 0 Å². The third kappa shape index (κ3) is 4.66. The minimum absolute atomic E-state index is 0.629. The van der Waals surface area contributed by atoms with E-state index >= 15 is 0 Å². The smallest absolute Gasteiger partial charge is 0.0342 e. The minimum Gasteiger partial charge on any atom is -0.385 e. The summed E-state index contributed by atoms with van der Waals surface area (Å²) in [6.45, 7) is 9.69. The first kappa shape index (κ1) is 17.6. The Labute approximate surface area is 152 Å². The van der Waals surface area contributed by atoms with Gasteiger partial charge in [-0.3, -0.25) is 0 Å². The molecule has 2 N–H and O–H groups in total. The van der Waals surface area contributed by atoms with Gasteiger partial charge in [0.25, 0.3) is 0 Å². The standard InChI is InChI=1S/C23H30N2/c1-4-24-21-13-7-19(8-14-21)18(3)20-9-15-23(16-10-20)25-22-11-5-17(2)6-12-22/h7-10,13-17,22,24-25H,3-6,11-12H2,1-2H3. The van der Waals surface area contributed by atoms with Gasteiger partial charge in [-0.2, -0.15) is 0 Å². The molecule has 0 aromatic heterocycles. The van der Waals surface area contributed by atoms with Crippen LogP contribution >= 0.6 is 0 Å². The third-order valence-corrected chi connectivity index (χ3v) is 5.23. The van der Waals surface area contributed by atoms with E-state index in [4.69, 9.17) is 0 Å². The molecule has 3 rings (SSSR count). The summed E-state index contributed by atoms with van der Waals surface area (Å²) in [6, 6.07) is 17.8. The average molecular weight is 335 g/mol. The molecule has 0 atom stereocenters. The SMILES string of the molecule is C=C(c1ccc(NCC)cc1)c1ccc(NC2CCC(C)CC2)cc1. The number of nitrogens with one attached hydrogen (secondary N) is 2. The predicted octanol–water partition coefficient (Wildman–Crippen LogP) is 6.17. The van der Waals surface area contributed by atoms with Gasteiger partial charge in [0.2, 0.25) is 0 Å². The first-order valence-electron chi connectivity index (χ1n) is 9.56. The first-order valence-corrected chi connectivity index (χ1v) is 9.56. The molecule has 0 spiro atoms. The Hall–Kier alpha value is -2.22. The Balaban J connectivity index is 1.62. The second-order valence-electron chi connectivity index (χ2n) is 7.26. The topological polar surface area (TPSA) is 24.1 Å². The van der Waals surface area contributed by atoms with Crippen molar-refractivity contribution in [1.29, 1.82) is 0 Å². The minimum atomic E-state index is 0.629. The Kier molecular flexibility index (Phi) is 5.80. The summed E-state index contributed by atoms with van der Waals surface area (Å²) in [6.07, 6.45) is 5.26. The number of hydrogen-bond donors (Lipinski definition) is 2. The molecule has 0 unspecified atom stereocenters. The van der Waals surface area contributed by atoms with Crippen LogP contribution in [0.25, 0.3) is 5.57 Å². The summed E-state index contributed by atoms with van der Waals surface area (Å²) in [7, 11) is 0. The van der Waals surface area contributed by atoms with E-state index in [0.29, 0.717) is 6.04 Å². The van der Waals surface area contributed by atoms with Crippen LogP contribution in [0.3, 0.4) is 0 Å². The van der Waals surface area contributed by atoms with Crippen LogP contribution in [-0.2, 0) is 0 Å². The van der Waals surface area contributed by atoms with Crippen molar-refractivity contribution in [2.24, 2.45) is 5.92 Å². The molecule has 0 bridgehead atoms. The molecule has 0 heterocycles. The van der Waals surface area contributed by atoms with Crippen molar-refractivity contribution in [2.75, 3.05) is 17.2 Å². The lowest BCUT2D eigenvalue weighted by Gasteiger charge is -2.27. The summed E-state index contributed by atoms with van der Waals surface area (Å²) in [4.78, 5) is 0. The van der Waals surface area contributed by atoms with E-state index in [1.807, 2.05) is 0 Å². The maximum Gasteiger partial charge on any atom is 0.0342 e. The fourth-order valence-electron chi connectivity index (χ4n) is 3.57. The van der Waals surface area contributed by atoms with E-state index < -0.39 is 0 Å². The molecule has 0 aliphatic heterocycles. The lowest BCUT2D eigenvalue weighted by Crippen LogP contribution is -2.25. The highest BCUT2D eigenvalue weighted by Gasteiger charge is 2.17. The van der Waals surface area contributed by atoms with Crippen molar-refractivity contribution in [3.05, 3.63) is 66.2 Å². The molecule has 132 valence electrons. The van der Waals surface area contributed by atoms with Crippen molar-refractivity contribution in [1.82, 2.24) is 0 Å². The highest BCUT2D eigenvalue weighted by atomic mass is 14.9. The lowest BCUT2D eigenvalue weighted by atomic mass is 9.87. The highest BCUT2D eigenvalue weighted by molar-refractivity contribution is 5.79. The van der Waals surface area contributed by atoms with Gasteiger partial charge in [0, 0.05) is 24.0 Å². The highest BCUT2D eigenvalue weighted by Crippen LogP contribution is 2.28. The summed E-state index contributed by atoms with van der Waals surface area (Å²) in [5, 5.41) is 7.02. The molecular weight excluding hydrogens is 304 g/mol. The van der Waals surface area contributed by atoms with Gasteiger partial charge in [-0.15, -0.1) is 0 Å². The van der Waals surface area contributed by atoms with Crippen LogP contribution in [-0.4, -0.2) is 12.6 Å². The van der Waals surface area contributed by atoms with E-state index in [1.165, 1.54) is 42.5 Å². The van der Waals surface area contributed by atoms with Crippen LogP contribution in [0.2, 0.25) is 0 Å². The van der Waals surface area contributed by atoms with Crippen molar-refractivity contribution < 1.29 is 0 Å². The predicted molar refractivity (Wildman–Crippen MR) is 110 cm³/mol. The first-order chi connectivity index (χ1) is 12.2. The molecule has 2 aromatic rings. The van der Waals surface area contributed by atoms with E-state index in [9.17, 15) is 0 Å². The van der Waals surface area contributed by atoms with Gasteiger partial charge in [0.15, 0.2) is 0 Å². The number of rotatable bonds is 6. The quantitative estimate of drug-likeness (QED) is 0.660. The van der Waals surface area contributed by atoms with E-state index in [-0.39, 0.29) is 0 Å². The Morgan fingerprint density at radius 3 is 1.92 bits per heavy atom. The normalized spacial score (nSPS) is 20.1. The number of benzene rings is 2. The molecule has 0 radical (unpaired) electrons. The number of hydrogen-bond acceptors (Lipinski definition) is 2. The molecule has 2 aromatic carbocycles. The molecule has 1 aliphatic carbocycles. The summed E-state index contributed by atoms with van der Waals surface area (Å²) in [5.41, 5.74) is 5.79. The molecule has 2 nitrogen and oxygen atoms in total. The molecule has 0 amide bonds. The van der Waals surface area contributed by atoms with E-state index in [1.54, 1.807) is 0 Å². The van der Waals surface area contributed by atoms with Gasteiger partial charge >= 0.3 is 0 Å². The molecule has 2 heteroatoms. The second-order valence-corrected chi connectivity index (χ2v) is 7.26. The largest absolute Gasteiger partial charge is 0.385 e.